The molecule has 1 saturated heterocycles. The molecule has 4 fully saturated rings. The molecule has 0 bridgehead atoms. The van der Waals surface area contributed by atoms with Gasteiger partial charge in [0.05, 0.1) is 17.2 Å². The third kappa shape index (κ3) is 2.64. The Labute approximate surface area is 202 Å². The van der Waals surface area contributed by atoms with Gasteiger partial charge in [0.25, 0.3) is 0 Å². The van der Waals surface area contributed by atoms with Gasteiger partial charge in [0.2, 0.25) is 0 Å². The maximum atomic E-state index is 17.4. The van der Waals surface area contributed by atoms with E-state index in [1.807, 2.05) is 6.92 Å². The average Bonchev–Trinajstić information content (AvgIpc) is 3.14. The number of ether oxygens (including phenoxy) is 3. The number of alkyl halides is 2. The fourth-order valence-corrected chi connectivity index (χ4v) is 8.51. The molecule has 1 heterocycles. The van der Waals surface area contributed by atoms with Crippen molar-refractivity contribution in [3.05, 3.63) is 22.8 Å². The number of methoxy groups -OCH3 is 1. The van der Waals surface area contributed by atoms with E-state index < -0.39 is 63.9 Å². The summed E-state index contributed by atoms with van der Waals surface area (Å²) in [6, 6.07) is 0. The number of carbonyl (C=O) groups is 2. The predicted molar refractivity (Wildman–Crippen MR) is 118 cm³/mol. The van der Waals surface area contributed by atoms with E-state index in [-0.39, 0.29) is 42.3 Å². The predicted octanol–water partition coefficient (Wildman–Crippen LogP) is 3.59. The van der Waals surface area contributed by atoms with Gasteiger partial charge in [-0.15, -0.1) is 0 Å². The van der Waals surface area contributed by atoms with Crippen LogP contribution >= 0.6 is 11.6 Å². The van der Waals surface area contributed by atoms with Crippen LogP contribution in [0.1, 0.15) is 47.0 Å². The lowest BCUT2D eigenvalue weighted by Crippen LogP contribution is -2.71. The number of rotatable bonds is 3. The van der Waals surface area contributed by atoms with Crippen LogP contribution in [0.4, 0.5) is 8.78 Å². The molecule has 0 radical (unpaired) electrons. The molecule has 3 saturated carbocycles. The van der Waals surface area contributed by atoms with Crippen molar-refractivity contribution in [1.82, 2.24) is 0 Å². The normalized spacial score (nSPS) is 51.1. The topological polar surface area (TPSA) is 82.1 Å². The van der Waals surface area contributed by atoms with Crippen LogP contribution in [0.15, 0.2) is 22.8 Å². The van der Waals surface area contributed by atoms with Gasteiger partial charge in [-0.3, -0.25) is 9.59 Å². The molecule has 0 amide bonds. The number of fused-ring (bicyclic) bond motifs is 7. The first-order valence-corrected chi connectivity index (χ1v) is 12.1. The lowest BCUT2D eigenvalue weighted by molar-refractivity contribution is -0.249. The first-order chi connectivity index (χ1) is 15.7. The summed E-state index contributed by atoms with van der Waals surface area (Å²) in [5.74, 6) is -3.45. The number of allylic oxidation sites excluding steroid dienone is 4. The average molecular weight is 501 g/mol. The molecule has 34 heavy (non-hydrogen) atoms. The summed E-state index contributed by atoms with van der Waals surface area (Å²) in [4.78, 5) is 25.7. The number of hydrogen-bond acceptors (Lipinski definition) is 6. The van der Waals surface area contributed by atoms with Crippen LogP contribution < -0.4 is 0 Å². The summed E-state index contributed by atoms with van der Waals surface area (Å²) in [5, 5.41) is 11.2. The van der Waals surface area contributed by atoms with E-state index in [1.54, 1.807) is 13.8 Å². The molecule has 0 aromatic heterocycles. The van der Waals surface area contributed by atoms with Gasteiger partial charge in [0, 0.05) is 23.9 Å². The van der Waals surface area contributed by atoms with Crippen molar-refractivity contribution in [2.75, 3.05) is 13.7 Å². The van der Waals surface area contributed by atoms with E-state index in [9.17, 15) is 14.7 Å². The van der Waals surface area contributed by atoms with Crippen molar-refractivity contribution in [3.63, 3.8) is 0 Å². The molecule has 0 aromatic rings. The van der Waals surface area contributed by atoms with E-state index in [0.717, 1.165) is 6.08 Å². The molecular weight excluding hydrogens is 470 g/mol. The van der Waals surface area contributed by atoms with Crippen LogP contribution in [0.2, 0.25) is 0 Å². The van der Waals surface area contributed by atoms with Crippen molar-refractivity contribution in [1.29, 1.82) is 0 Å². The fraction of sp³-hybridized carbons (Fsp3) is 0.760. The monoisotopic (exact) mass is 500 g/mol. The molecule has 5 rings (SSSR count). The summed E-state index contributed by atoms with van der Waals surface area (Å²) in [7, 11) is 1.41. The zero-order valence-electron chi connectivity index (χ0n) is 20.0. The molecular formula is C25H31ClF2O6. The maximum Gasteiger partial charge on any atom is 0.196 e. The molecule has 0 spiro atoms. The zero-order chi connectivity index (χ0) is 25.1. The highest BCUT2D eigenvalue weighted by molar-refractivity contribution is 6.45. The molecule has 5 aliphatic rings. The highest BCUT2D eigenvalue weighted by Crippen LogP contribution is 2.72. The van der Waals surface area contributed by atoms with Crippen molar-refractivity contribution < 1.29 is 37.7 Å². The number of Topliss-reactive ketones (excluding diaryl/α,β-unsaturated/α-hetero) is 1. The Bertz CT molecular complexity index is 1030. The van der Waals surface area contributed by atoms with Gasteiger partial charge in [-0.1, -0.05) is 24.6 Å². The minimum absolute atomic E-state index is 0.102. The van der Waals surface area contributed by atoms with Crippen LogP contribution in [0, 0.1) is 22.7 Å². The number of aliphatic hydroxyl groups excluding tert-OH is 1. The molecule has 4 aliphatic carbocycles. The third-order valence-electron chi connectivity index (χ3n) is 9.39. The zero-order valence-corrected chi connectivity index (χ0v) is 20.7. The van der Waals surface area contributed by atoms with Gasteiger partial charge < -0.3 is 19.3 Å². The molecule has 9 atom stereocenters. The SMILES string of the molecule is COCC(=O)[C@@]12OC(C)(C)O[C@@H]1C[C@H]1[C@@H]3C[C@H](F)C4=C(Cl)C(=O)C=C[C@]4(C)[C@@]3(F)[C@@H](O)C[C@@]12C. The van der Waals surface area contributed by atoms with E-state index >= 15 is 8.78 Å². The first kappa shape index (κ1) is 24.5. The Morgan fingerprint density at radius 3 is 2.59 bits per heavy atom. The van der Waals surface area contributed by atoms with Crippen molar-refractivity contribution in [3.8, 4) is 0 Å². The largest absolute Gasteiger partial charge is 0.390 e. The number of ketones is 2. The van der Waals surface area contributed by atoms with Gasteiger partial charge in [-0.2, -0.15) is 0 Å². The lowest BCUT2D eigenvalue weighted by Gasteiger charge is -2.63. The minimum Gasteiger partial charge on any atom is -0.390 e. The first-order valence-electron chi connectivity index (χ1n) is 11.7. The summed E-state index contributed by atoms with van der Waals surface area (Å²) in [6.07, 6.45) is -1.51. The number of aliphatic hydroxyl groups is 1. The van der Waals surface area contributed by atoms with Crippen molar-refractivity contribution in [2.45, 2.75) is 82.4 Å². The summed E-state index contributed by atoms with van der Waals surface area (Å²) in [6.45, 7) is 6.51. The van der Waals surface area contributed by atoms with Crippen molar-refractivity contribution >= 4 is 23.2 Å². The molecule has 188 valence electrons. The van der Waals surface area contributed by atoms with Crippen LogP contribution in [-0.4, -0.2) is 65.8 Å². The minimum atomic E-state index is -2.30. The van der Waals surface area contributed by atoms with Gasteiger partial charge in [-0.25, -0.2) is 8.78 Å². The smallest absolute Gasteiger partial charge is 0.196 e. The van der Waals surface area contributed by atoms with E-state index in [1.165, 1.54) is 20.1 Å². The molecule has 1 N–H and O–H groups in total. The second-order valence-corrected chi connectivity index (χ2v) is 11.8. The van der Waals surface area contributed by atoms with Gasteiger partial charge >= 0.3 is 0 Å². The Morgan fingerprint density at radius 1 is 1.26 bits per heavy atom. The Morgan fingerprint density at radius 2 is 1.94 bits per heavy atom. The summed E-state index contributed by atoms with van der Waals surface area (Å²) in [5.41, 5.74) is -6.51. The van der Waals surface area contributed by atoms with Gasteiger partial charge in [-0.05, 0) is 57.6 Å². The Hall–Kier alpha value is -1.19. The van der Waals surface area contributed by atoms with Crippen LogP contribution in [0.25, 0.3) is 0 Å². The number of halogens is 3. The van der Waals surface area contributed by atoms with Gasteiger partial charge in [0.15, 0.2) is 28.6 Å². The molecule has 1 aliphatic heterocycles. The highest BCUT2D eigenvalue weighted by atomic mass is 35.5. The summed E-state index contributed by atoms with van der Waals surface area (Å²) < 4.78 is 50.7. The lowest BCUT2D eigenvalue weighted by atomic mass is 9.44. The molecule has 6 nitrogen and oxygen atoms in total. The molecule has 9 heteroatoms. The van der Waals surface area contributed by atoms with E-state index in [4.69, 9.17) is 25.8 Å². The van der Waals surface area contributed by atoms with Crippen LogP contribution in [-0.2, 0) is 23.8 Å². The highest BCUT2D eigenvalue weighted by Gasteiger charge is 2.80. The quantitative estimate of drug-likeness (QED) is 0.638. The number of hydrogen-bond donors (Lipinski definition) is 1. The summed E-state index contributed by atoms with van der Waals surface area (Å²) >= 11 is 6.20. The van der Waals surface area contributed by atoms with E-state index in [2.05, 4.69) is 0 Å². The van der Waals surface area contributed by atoms with Gasteiger partial charge in [0.1, 0.15) is 12.8 Å². The van der Waals surface area contributed by atoms with Crippen LogP contribution in [0.5, 0.6) is 0 Å². The second kappa shape index (κ2) is 7.19. The van der Waals surface area contributed by atoms with E-state index in [0.29, 0.717) is 0 Å². The third-order valence-corrected chi connectivity index (χ3v) is 9.78. The molecule has 0 unspecified atom stereocenters. The van der Waals surface area contributed by atoms with Crippen LogP contribution in [0.3, 0.4) is 0 Å². The second-order valence-electron chi connectivity index (χ2n) is 11.4. The Balaban J connectivity index is 1.66. The Kier molecular flexibility index (Phi) is 5.18. The fourth-order valence-electron chi connectivity index (χ4n) is 8.13. The molecule has 0 aromatic carbocycles. The number of carbonyl (C=O) groups excluding carboxylic acids is 2. The maximum absolute atomic E-state index is 17.4. The standard InChI is InChI=1S/C25H31ClF2O6/c1-21(2)33-18-9-12-13-8-14(27)19-20(26)15(29)6-7-22(19,3)24(13,28)16(30)10-23(12,4)25(18,34-21)17(31)11-32-5/h6-7,12-14,16,18,30H,8-11H2,1-5H3/t12-,13-,14-,16-,18+,22-,23-,24-,25+/m0/s1. The van der Waals surface area contributed by atoms with Crippen molar-refractivity contribution in [2.24, 2.45) is 22.7 Å².